The third-order valence-corrected chi connectivity index (χ3v) is 3.98. The van der Waals surface area contributed by atoms with E-state index in [-0.39, 0.29) is 18.2 Å². The van der Waals surface area contributed by atoms with Crippen molar-refractivity contribution < 1.29 is 22.8 Å². The number of alkyl halides is 3. The Morgan fingerprint density at radius 3 is 2.40 bits per heavy atom. The van der Waals surface area contributed by atoms with E-state index in [1.165, 1.54) is 12.1 Å². The van der Waals surface area contributed by atoms with Crippen LogP contribution in [0.15, 0.2) is 24.3 Å². The molecule has 0 radical (unpaired) electrons. The van der Waals surface area contributed by atoms with Gasteiger partial charge in [0.1, 0.15) is 6.29 Å². The fourth-order valence-electron chi connectivity index (χ4n) is 2.49. The Morgan fingerprint density at radius 1 is 1.28 bits per heavy atom. The lowest BCUT2D eigenvalue weighted by atomic mass is 10.0. The fourth-order valence-corrected chi connectivity index (χ4v) is 2.49. The minimum atomic E-state index is -4.40. The van der Waals surface area contributed by atoms with Gasteiger partial charge in [0.25, 0.3) is 0 Å². The Bertz CT molecular complexity index is 631. The molecule has 0 spiro atoms. The summed E-state index contributed by atoms with van der Waals surface area (Å²) in [5, 5.41) is 8.42. The van der Waals surface area contributed by atoms with Gasteiger partial charge in [-0.3, -0.25) is 19.8 Å². The number of benzene rings is 1. The third kappa shape index (κ3) is 4.93. The molecule has 1 aromatic rings. The smallest absolute Gasteiger partial charge is 0.348 e. The molecule has 25 heavy (non-hydrogen) atoms. The zero-order chi connectivity index (χ0) is 18.8. The molecule has 2 amide bonds. The van der Waals surface area contributed by atoms with Crippen LogP contribution in [0.4, 0.5) is 13.2 Å². The van der Waals surface area contributed by atoms with E-state index in [0.29, 0.717) is 5.56 Å². The second kappa shape index (κ2) is 7.40. The first-order chi connectivity index (χ1) is 11.6. The Labute approximate surface area is 143 Å². The number of nitrogens with one attached hydrogen (secondary N) is 3. The van der Waals surface area contributed by atoms with E-state index in [9.17, 15) is 22.8 Å². The highest BCUT2D eigenvalue weighted by molar-refractivity contribution is 5.89. The van der Waals surface area contributed by atoms with Gasteiger partial charge in [0, 0.05) is 0 Å². The first kappa shape index (κ1) is 19.2. The van der Waals surface area contributed by atoms with Crippen LogP contribution in [0.3, 0.4) is 0 Å². The van der Waals surface area contributed by atoms with E-state index in [0.717, 1.165) is 12.1 Å². The highest BCUT2D eigenvalue weighted by atomic mass is 19.4. The largest absolute Gasteiger partial charge is 0.416 e. The number of halogens is 3. The number of hydrogen-bond acceptors (Lipinski definition) is 4. The van der Waals surface area contributed by atoms with Gasteiger partial charge in [-0.2, -0.15) is 13.2 Å². The maximum absolute atomic E-state index is 12.6. The van der Waals surface area contributed by atoms with E-state index in [1.54, 1.807) is 25.9 Å². The van der Waals surface area contributed by atoms with Crippen molar-refractivity contribution in [3.63, 3.8) is 0 Å². The average Bonchev–Trinajstić information content (AvgIpc) is 2.53. The van der Waals surface area contributed by atoms with Gasteiger partial charge in [-0.15, -0.1) is 0 Å². The lowest BCUT2D eigenvalue weighted by Crippen LogP contribution is -2.65. The molecule has 9 heteroatoms. The molecule has 1 aliphatic heterocycles. The minimum Gasteiger partial charge on any atom is -0.348 e. The maximum Gasteiger partial charge on any atom is 0.416 e. The number of carbonyl (C=O) groups is 2. The molecule has 6 nitrogen and oxygen atoms in total. The molecule has 0 bridgehead atoms. The molecular weight excluding hydrogens is 337 g/mol. The first-order valence-electron chi connectivity index (χ1n) is 7.77. The summed E-state index contributed by atoms with van der Waals surface area (Å²) in [6.45, 7) is 1.67. The summed E-state index contributed by atoms with van der Waals surface area (Å²) in [5.74, 6) is -0.631. The quantitative estimate of drug-likeness (QED) is 0.756. The molecule has 0 saturated carbocycles. The summed E-state index contributed by atoms with van der Waals surface area (Å²) in [6, 6.07) is 3.42. The molecule has 138 valence electrons. The minimum absolute atomic E-state index is 0.00406. The molecule has 3 N–H and O–H groups in total. The average molecular weight is 358 g/mol. The molecular formula is C16H21F3N4O2. The molecule has 1 aliphatic rings. The standard InChI is InChI=1S/C16H21F3N4O2/c1-9(10-4-6-11(7-5-10)16(17,18)19)20-14(25)12-8-13(24)22-15(21-12)23(2)3/h4-7,9,12,15,21H,8H2,1-3H3,(H,20,25)(H,22,24)/t9-,12?,15?/m1/s1. The van der Waals surface area contributed by atoms with Crippen LogP contribution in [0, 0.1) is 0 Å². The summed E-state index contributed by atoms with van der Waals surface area (Å²) in [4.78, 5) is 25.8. The van der Waals surface area contributed by atoms with Crippen molar-refractivity contribution in [2.45, 2.75) is 37.9 Å². The molecule has 1 aromatic carbocycles. The van der Waals surface area contributed by atoms with E-state index < -0.39 is 30.1 Å². The third-order valence-electron chi connectivity index (χ3n) is 3.98. The SMILES string of the molecule is C[C@@H](NC(=O)C1CC(=O)NC(N(C)C)N1)c1ccc(C(F)(F)F)cc1. The summed E-state index contributed by atoms with van der Waals surface area (Å²) in [5.41, 5.74) is -0.194. The summed E-state index contributed by atoms with van der Waals surface area (Å²) < 4.78 is 37.8. The Hall–Kier alpha value is -2.13. The van der Waals surface area contributed by atoms with Gasteiger partial charge in [-0.1, -0.05) is 12.1 Å². The maximum atomic E-state index is 12.6. The second-order valence-electron chi connectivity index (χ2n) is 6.21. The zero-order valence-electron chi connectivity index (χ0n) is 14.1. The van der Waals surface area contributed by atoms with Crippen molar-refractivity contribution in [3.8, 4) is 0 Å². The highest BCUT2D eigenvalue weighted by Crippen LogP contribution is 2.29. The number of nitrogens with zero attached hydrogens (tertiary/aromatic N) is 1. The molecule has 0 aliphatic carbocycles. The number of amides is 2. The van der Waals surface area contributed by atoms with Crippen LogP contribution in [-0.4, -0.2) is 43.1 Å². The first-order valence-corrected chi connectivity index (χ1v) is 7.77. The van der Waals surface area contributed by atoms with E-state index in [1.807, 2.05) is 0 Å². The van der Waals surface area contributed by atoms with Crippen molar-refractivity contribution in [2.75, 3.05) is 14.1 Å². The number of rotatable bonds is 4. The van der Waals surface area contributed by atoms with Gasteiger partial charge in [0.2, 0.25) is 11.8 Å². The van der Waals surface area contributed by atoms with Crippen LogP contribution >= 0.6 is 0 Å². The molecule has 1 fully saturated rings. The molecule has 1 heterocycles. The van der Waals surface area contributed by atoms with Crippen LogP contribution in [0.25, 0.3) is 0 Å². The van der Waals surface area contributed by atoms with Gasteiger partial charge in [0.05, 0.1) is 24.1 Å². The van der Waals surface area contributed by atoms with Crippen molar-refractivity contribution in [1.29, 1.82) is 0 Å². The molecule has 1 saturated heterocycles. The van der Waals surface area contributed by atoms with E-state index in [4.69, 9.17) is 0 Å². The molecule has 0 aromatic heterocycles. The lowest BCUT2D eigenvalue weighted by molar-refractivity contribution is -0.137. The van der Waals surface area contributed by atoms with Crippen LogP contribution < -0.4 is 16.0 Å². The number of hydrogen-bond donors (Lipinski definition) is 3. The zero-order valence-corrected chi connectivity index (χ0v) is 14.1. The van der Waals surface area contributed by atoms with Crippen molar-refractivity contribution in [1.82, 2.24) is 20.9 Å². The van der Waals surface area contributed by atoms with Crippen molar-refractivity contribution in [3.05, 3.63) is 35.4 Å². The summed E-state index contributed by atoms with van der Waals surface area (Å²) in [7, 11) is 3.51. The summed E-state index contributed by atoms with van der Waals surface area (Å²) in [6.07, 6.45) is -4.86. The molecule has 2 rings (SSSR count). The molecule has 3 atom stereocenters. The number of carbonyl (C=O) groups excluding carboxylic acids is 2. The van der Waals surface area contributed by atoms with Crippen LogP contribution in [0.5, 0.6) is 0 Å². The fraction of sp³-hybridized carbons (Fsp3) is 0.500. The second-order valence-corrected chi connectivity index (χ2v) is 6.21. The van der Waals surface area contributed by atoms with Crippen LogP contribution in [0.1, 0.15) is 30.5 Å². The summed E-state index contributed by atoms with van der Waals surface area (Å²) >= 11 is 0. The Kier molecular flexibility index (Phi) is 5.69. The molecule has 2 unspecified atom stereocenters. The van der Waals surface area contributed by atoms with Crippen LogP contribution in [-0.2, 0) is 15.8 Å². The van der Waals surface area contributed by atoms with Gasteiger partial charge < -0.3 is 10.6 Å². The predicted octanol–water partition coefficient (Wildman–Crippen LogP) is 1.21. The van der Waals surface area contributed by atoms with E-state index >= 15 is 0 Å². The van der Waals surface area contributed by atoms with Gasteiger partial charge in [0.15, 0.2) is 0 Å². The Morgan fingerprint density at radius 2 is 1.88 bits per heavy atom. The van der Waals surface area contributed by atoms with Gasteiger partial charge >= 0.3 is 6.18 Å². The monoisotopic (exact) mass is 358 g/mol. The predicted molar refractivity (Wildman–Crippen MR) is 85.2 cm³/mol. The van der Waals surface area contributed by atoms with Crippen molar-refractivity contribution in [2.24, 2.45) is 0 Å². The van der Waals surface area contributed by atoms with Gasteiger partial charge in [-0.05, 0) is 38.7 Å². The van der Waals surface area contributed by atoms with E-state index in [2.05, 4.69) is 16.0 Å². The Balaban J connectivity index is 2.00. The normalized spacial score (nSPS) is 22.4. The topological polar surface area (TPSA) is 73.5 Å². The van der Waals surface area contributed by atoms with Crippen molar-refractivity contribution >= 4 is 11.8 Å². The lowest BCUT2D eigenvalue weighted by Gasteiger charge is -2.35. The van der Waals surface area contributed by atoms with Crippen LogP contribution in [0.2, 0.25) is 0 Å². The highest BCUT2D eigenvalue weighted by Gasteiger charge is 2.32. The van der Waals surface area contributed by atoms with Gasteiger partial charge in [-0.25, -0.2) is 0 Å².